The van der Waals surface area contributed by atoms with Crippen molar-refractivity contribution in [1.82, 2.24) is 9.21 Å². The van der Waals surface area contributed by atoms with Crippen LogP contribution in [0.1, 0.15) is 45.1 Å². The highest BCUT2D eigenvalue weighted by molar-refractivity contribution is 7.89. The van der Waals surface area contributed by atoms with Crippen molar-refractivity contribution in [3.63, 3.8) is 0 Å². The van der Waals surface area contributed by atoms with Crippen LogP contribution in [-0.2, 0) is 10.0 Å². The Hall–Kier alpha value is -1.93. The van der Waals surface area contributed by atoms with Crippen LogP contribution in [0.5, 0.6) is 5.75 Å². The quantitative estimate of drug-likeness (QED) is 0.604. The second kappa shape index (κ2) is 11.0. The molecule has 0 radical (unpaired) electrons. The number of benzene rings is 2. The van der Waals surface area contributed by atoms with E-state index >= 15 is 0 Å². The van der Waals surface area contributed by atoms with Gasteiger partial charge in [0.05, 0.1) is 6.61 Å². The molecule has 0 unspecified atom stereocenters. The summed E-state index contributed by atoms with van der Waals surface area (Å²) in [6.07, 6.45) is 5.03. The number of ether oxygens (including phenoxy) is 1. The zero-order valence-corrected chi connectivity index (χ0v) is 22.3. The summed E-state index contributed by atoms with van der Waals surface area (Å²) in [5.41, 5.74) is 3.11. The van der Waals surface area contributed by atoms with Gasteiger partial charge in [-0.25, -0.2) is 8.42 Å². The van der Waals surface area contributed by atoms with E-state index in [-0.39, 0.29) is 23.5 Å². The molecule has 1 N–H and O–H groups in total. The van der Waals surface area contributed by atoms with Gasteiger partial charge in [0.1, 0.15) is 16.7 Å². The minimum atomic E-state index is -3.83. The topological polar surface area (TPSA) is 70.1 Å². The summed E-state index contributed by atoms with van der Waals surface area (Å²) < 4.78 is 35.4. The molecule has 0 saturated heterocycles. The number of nitrogens with zero attached hydrogens (tertiary/aromatic N) is 2. The van der Waals surface area contributed by atoms with Crippen molar-refractivity contribution in [2.24, 2.45) is 11.8 Å². The molecular formula is C28H40N2O4S. The summed E-state index contributed by atoms with van der Waals surface area (Å²) in [5, 5.41) is 9.86. The molecule has 1 aliphatic heterocycles. The zero-order valence-electron chi connectivity index (χ0n) is 21.5. The highest BCUT2D eigenvalue weighted by Gasteiger charge is 2.38. The van der Waals surface area contributed by atoms with Crippen LogP contribution in [0.4, 0.5) is 0 Å². The lowest BCUT2D eigenvalue weighted by molar-refractivity contribution is 0.0712. The van der Waals surface area contributed by atoms with Gasteiger partial charge in [-0.15, -0.1) is 0 Å². The van der Waals surface area contributed by atoms with Crippen LogP contribution in [0.15, 0.2) is 47.4 Å². The van der Waals surface area contributed by atoms with Crippen LogP contribution >= 0.6 is 0 Å². The smallest absolute Gasteiger partial charge is 0.247 e. The van der Waals surface area contributed by atoms with E-state index in [9.17, 15) is 13.5 Å². The summed E-state index contributed by atoms with van der Waals surface area (Å²) in [6.45, 7) is 7.71. The summed E-state index contributed by atoms with van der Waals surface area (Å²) in [7, 11) is -1.69. The first-order valence-corrected chi connectivity index (χ1v) is 14.3. The number of hydrogen-bond acceptors (Lipinski definition) is 5. The zero-order chi connectivity index (χ0) is 25.2. The molecule has 2 aromatic rings. The summed E-state index contributed by atoms with van der Waals surface area (Å²) >= 11 is 0. The molecule has 4 rings (SSSR count). The van der Waals surface area contributed by atoms with E-state index in [1.807, 2.05) is 31.2 Å². The van der Waals surface area contributed by atoms with Crippen LogP contribution < -0.4 is 4.74 Å². The lowest BCUT2D eigenvalue weighted by atomic mass is 10.0. The van der Waals surface area contributed by atoms with Crippen molar-refractivity contribution in [1.29, 1.82) is 0 Å². The average Bonchev–Trinajstić information content (AvgIpc) is 3.34. The van der Waals surface area contributed by atoms with E-state index in [0.717, 1.165) is 30.1 Å². The Morgan fingerprint density at radius 1 is 1.09 bits per heavy atom. The Bertz CT molecular complexity index is 1100. The van der Waals surface area contributed by atoms with E-state index < -0.39 is 16.1 Å². The van der Waals surface area contributed by atoms with E-state index in [1.54, 1.807) is 13.0 Å². The molecule has 7 heteroatoms. The molecule has 192 valence electrons. The standard InChI is InChI=1S/C28H40N2O4S/c1-20-9-11-24(12-10-20)25-13-14-28-26(15-25)34-27(18-29(4)17-23-7-5-6-8-23)21(2)16-30(22(3)19-31)35(28,32)33/h9-15,21-23,27,31H,5-8,16-19H2,1-4H3/t21-,22+,27+/m1/s1. The highest BCUT2D eigenvalue weighted by Crippen LogP contribution is 2.37. The molecule has 1 heterocycles. The predicted molar refractivity (Wildman–Crippen MR) is 140 cm³/mol. The summed E-state index contributed by atoms with van der Waals surface area (Å²) in [4.78, 5) is 2.51. The van der Waals surface area contributed by atoms with Gasteiger partial charge in [-0.05, 0) is 62.9 Å². The second-order valence-corrected chi connectivity index (χ2v) is 12.5. The Morgan fingerprint density at radius 3 is 2.40 bits per heavy atom. The van der Waals surface area contributed by atoms with Crippen LogP contribution in [0.25, 0.3) is 11.1 Å². The number of sulfonamides is 1. The van der Waals surface area contributed by atoms with Crippen molar-refractivity contribution in [3.8, 4) is 16.9 Å². The monoisotopic (exact) mass is 500 g/mol. The molecule has 0 bridgehead atoms. The highest BCUT2D eigenvalue weighted by atomic mass is 32.2. The molecule has 0 spiro atoms. The number of likely N-dealkylation sites (N-methyl/N-ethyl adjacent to an activating group) is 1. The molecule has 1 aliphatic carbocycles. The van der Waals surface area contributed by atoms with Crippen LogP contribution in [0.3, 0.4) is 0 Å². The van der Waals surface area contributed by atoms with Gasteiger partial charge in [-0.3, -0.25) is 0 Å². The van der Waals surface area contributed by atoms with Crippen molar-refractivity contribution < 1.29 is 18.3 Å². The van der Waals surface area contributed by atoms with Gasteiger partial charge in [0, 0.05) is 31.6 Å². The molecule has 2 aliphatic rings. The number of rotatable bonds is 7. The summed E-state index contributed by atoms with van der Waals surface area (Å²) in [5.74, 6) is 1.08. The average molecular weight is 501 g/mol. The Balaban J connectivity index is 1.70. The lowest BCUT2D eigenvalue weighted by Gasteiger charge is -2.38. The number of hydrogen-bond donors (Lipinski definition) is 1. The van der Waals surface area contributed by atoms with Gasteiger partial charge in [0.25, 0.3) is 0 Å². The Morgan fingerprint density at radius 2 is 1.74 bits per heavy atom. The Kier molecular flexibility index (Phi) is 8.21. The molecule has 35 heavy (non-hydrogen) atoms. The molecule has 2 aromatic carbocycles. The minimum Gasteiger partial charge on any atom is -0.487 e. The third-order valence-electron chi connectivity index (χ3n) is 7.59. The molecule has 1 fully saturated rings. The minimum absolute atomic E-state index is 0.0408. The van der Waals surface area contributed by atoms with E-state index in [2.05, 4.69) is 31.0 Å². The van der Waals surface area contributed by atoms with E-state index in [0.29, 0.717) is 12.3 Å². The predicted octanol–water partition coefficient (Wildman–Crippen LogP) is 4.55. The van der Waals surface area contributed by atoms with E-state index in [1.165, 1.54) is 35.6 Å². The van der Waals surface area contributed by atoms with Gasteiger partial charge in [0.2, 0.25) is 10.0 Å². The third kappa shape index (κ3) is 5.91. The van der Waals surface area contributed by atoms with Crippen molar-refractivity contribution in [2.45, 2.75) is 63.5 Å². The summed E-state index contributed by atoms with van der Waals surface area (Å²) in [6, 6.07) is 13.1. The van der Waals surface area contributed by atoms with Gasteiger partial charge in [-0.2, -0.15) is 4.31 Å². The first-order valence-electron chi connectivity index (χ1n) is 12.9. The maximum Gasteiger partial charge on any atom is 0.247 e. The third-order valence-corrected chi connectivity index (χ3v) is 9.61. The number of fused-ring (bicyclic) bond motifs is 1. The molecule has 0 amide bonds. The van der Waals surface area contributed by atoms with Gasteiger partial charge in [0.15, 0.2) is 0 Å². The fourth-order valence-corrected chi connectivity index (χ4v) is 7.21. The molecule has 6 nitrogen and oxygen atoms in total. The van der Waals surface area contributed by atoms with E-state index in [4.69, 9.17) is 4.74 Å². The van der Waals surface area contributed by atoms with Crippen LogP contribution in [0, 0.1) is 18.8 Å². The Labute approximate surface area is 211 Å². The molecule has 3 atom stereocenters. The van der Waals surface area contributed by atoms with Gasteiger partial charge in [-0.1, -0.05) is 55.7 Å². The number of aliphatic hydroxyl groups excluding tert-OH is 1. The van der Waals surface area contributed by atoms with Crippen molar-refractivity contribution in [3.05, 3.63) is 48.0 Å². The maximum absolute atomic E-state index is 13.7. The second-order valence-electron chi connectivity index (χ2n) is 10.6. The number of aliphatic hydroxyl groups is 1. The fraction of sp³-hybridized carbons (Fsp3) is 0.571. The SMILES string of the molecule is Cc1ccc(-c2ccc3c(c2)O[C@@H](CN(C)CC2CCCC2)[C@H](C)CN([C@@H](C)CO)S3(=O)=O)cc1. The number of aryl methyl sites for hydroxylation is 1. The fourth-order valence-electron chi connectivity index (χ4n) is 5.38. The van der Waals surface area contributed by atoms with Crippen LogP contribution in [-0.4, -0.2) is 68.2 Å². The molecule has 0 aromatic heterocycles. The van der Waals surface area contributed by atoms with Gasteiger partial charge < -0.3 is 14.7 Å². The first kappa shape index (κ1) is 26.1. The van der Waals surface area contributed by atoms with Crippen molar-refractivity contribution in [2.75, 3.05) is 33.3 Å². The van der Waals surface area contributed by atoms with Crippen molar-refractivity contribution >= 4 is 10.0 Å². The molecule has 1 saturated carbocycles. The normalized spacial score (nSPS) is 23.9. The lowest BCUT2D eigenvalue weighted by Crippen LogP contribution is -2.49. The molecular weight excluding hydrogens is 460 g/mol. The largest absolute Gasteiger partial charge is 0.487 e. The van der Waals surface area contributed by atoms with Gasteiger partial charge >= 0.3 is 0 Å². The van der Waals surface area contributed by atoms with Crippen LogP contribution in [0.2, 0.25) is 0 Å². The first-order chi connectivity index (χ1) is 16.7. The maximum atomic E-state index is 13.7.